The van der Waals surface area contributed by atoms with Gasteiger partial charge in [-0.1, -0.05) is 47.8 Å². The number of methoxy groups -OCH3 is 2. The summed E-state index contributed by atoms with van der Waals surface area (Å²) in [5.74, 6) is 1.66. The second-order valence-electron chi connectivity index (χ2n) is 3.30. The third-order valence-electron chi connectivity index (χ3n) is 2.07. The molecule has 0 aromatic heterocycles. The summed E-state index contributed by atoms with van der Waals surface area (Å²) in [7, 11) is 3.18. The Bertz CT molecular complexity index is 364. The Morgan fingerprint density at radius 3 is 1.50 bits per heavy atom. The van der Waals surface area contributed by atoms with Gasteiger partial charge in [-0.25, -0.2) is 0 Å². The van der Waals surface area contributed by atoms with Gasteiger partial charge in [-0.05, 0) is 35.6 Å². The largest absolute Gasteiger partial charge is 0.482 e. The summed E-state index contributed by atoms with van der Waals surface area (Å²) in [5, 5.41) is 0. The van der Waals surface area contributed by atoms with Gasteiger partial charge in [0.2, 0.25) is 8.77 Å². The molecule has 1 aromatic carbocycles. The highest BCUT2D eigenvalue weighted by atomic mass is 32.2. The Morgan fingerprint density at radius 2 is 1.22 bits per heavy atom. The Kier molecular flexibility index (Phi) is 7.65. The van der Waals surface area contributed by atoms with E-state index < -0.39 is 0 Å². The van der Waals surface area contributed by atoms with Crippen LogP contribution in [0, 0.1) is 0 Å². The zero-order valence-corrected chi connectivity index (χ0v) is 13.4. The maximum Gasteiger partial charge on any atom is 0.220 e. The third-order valence-corrected chi connectivity index (χ3v) is 4.87. The number of hydrogen-bond donors (Lipinski definition) is 0. The first kappa shape index (κ1) is 15.8. The fourth-order valence-corrected chi connectivity index (χ4v) is 2.68. The maximum absolute atomic E-state index is 4.97. The normalized spacial score (nSPS) is 9.89. The van der Waals surface area contributed by atoms with E-state index in [1.165, 1.54) is 34.7 Å². The molecule has 0 fully saturated rings. The van der Waals surface area contributed by atoms with Crippen molar-refractivity contribution in [1.29, 1.82) is 0 Å². The number of thioether (sulfide) groups is 2. The van der Waals surface area contributed by atoms with Crippen LogP contribution in [-0.4, -0.2) is 23.0 Å². The molecular weight excluding hydrogens is 304 g/mol. The van der Waals surface area contributed by atoms with Crippen molar-refractivity contribution in [3.8, 4) is 0 Å². The molecule has 1 aromatic rings. The van der Waals surface area contributed by atoms with Crippen molar-refractivity contribution in [2.45, 2.75) is 11.5 Å². The van der Waals surface area contributed by atoms with Crippen LogP contribution in [-0.2, 0) is 21.0 Å². The second kappa shape index (κ2) is 8.74. The molecule has 0 aliphatic heterocycles. The topological polar surface area (TPSA) is 18.5 Å². The number of rotatable bonds is 4. The molecule has 0 radical (unpaired) electrons. The Hall–Kier alpha value is -0.300. The van der Waals surface area contributed by atoms with Crippen LogP contribution < -0.4 is 0 Å². The summed E-state index contributed by atoms with van der Waals surface area (Å²) in [6.07, 6.45) is 0. The molecule has 0 bridgehead atoms. The minimum Gasteiger partial charge on any atom is -0.482 e. The SMILES string of the molecule is COC(=S)SCc1ccc(CSC(=S)OC)cc1. The lowest BCUT2D eigenvalue weighted by Gasteiger charge is -2.05. The molecule has 0 aliphatic rings. The van der Waals surface area contributed by atoms with Gasteiger partial charge in [-0.3, -0.25) is 0 Å². The Morgan fingerprint density at radius 1 is 0.889 bits per heavy atom. The molecule has 98 valence electrons. The molecule has 0 heterocycles. The zero-order valence-electron chi connectivity index (χ0n) is 10.2. The molecule has 0 N–H and O–H groups in total. The highest BCUT2D eigenvalue weighted by molar-refractivity contribution is 8.22. The molecule has 0 spiro atoms. The summed E-state index contributed by atoms with van der Waals surface area (Å²) in [5.41, 5.74) is 2.45. The van der Waals surface area contributed by atoms with Crippen molar-refractivity contribution in [2.24, 2.45) is 0 Å². The Labute approximate surface area is 127 Å². The lowest BCUT2D eigenvalue weighted by Crippen LogP contribution is -1.93. The van der Waals surface area contributed by atoms with Crippen LogP contribution in [0.2, 0.25) is 0 Å². The summed E-state index contributed by atoms with van der Waals surface area (Å²) >= 11 is 13.0. The zero-order chi connectivity index (χ0) is 13.4. The van der Waals surface area contributed by atoms with Crippen LogP contribution in [0.3, 0.4) is 0 Å². The molecule has 0 saturated heterocycles. The average molecular weight is 319 g/mol. The predicted octanol–water partition coefficient (Wildman–Crippen LogP) is 4.02. The van der Waals surface area contributed by atoms with Crippen LogP contribution in [0.1, 0.15) is 11.1 Å². The molecule has 1 rings (SSSR count). The van der Waals surface area contributed by atoms with Crippen LogP contribution in [0.4, 0.5) is 0 Å². The predicted molar refractivity (Wildman–Crippen MR) is 88.2 cm³/mol. The molecule has 6 heteroatoms. The molecule has 0 unspecified atom stereocenters. The van der Waals surface area contributed by atoms with Crippen LogP contribution in [0.25, 0.3) is 0 Å². The fraction of sp³-hybridized carbons (Fsp3) is 0.333. The minimum absolute atomic E-state index is 0.570. The molecule has 0 saturated carbocycles. The molecule has 18 heavy (non-hydrogen) atoms. The number of hydrogen-bond acceptors (Lipinski definition) is 6. The van der Waals surface area contributed by atoms with E-state index in [9.17, 15) is 0 Å². The van der Waals surface area contributed by atoms with E-state index in [1.807, 2.05) is 0 Å². The number of ether oxygens (including phenoxy) is 2. The van der Waals surface area contributed by atoms with Crippen LogP contribution in [0.5, 0.6) is 0 Å². The standard InChI is InChI=1S/C12H14O2S4/c1-13-11(15)17-7-9-3-5-10(6-4-9)8-18-12(16)14-2/h3-6H,7-8H2,1-2H3. The van der Waals surface area contributed by atoms with Gasteiger partial charge in [0.15, 0.2) is 0 Å². The Balaban J connectivity index is 2.42. The lowest BCUT2D eigenvalue weighted by atomic mass is 10.2. The van der Waals surface area contributed by atoms with Crippen molar-refractivity contribution >= 4 is 56.7 Å². The van der Waals surface area contributed by atoms with E-state index in [0.717, 1.165) is 11.5 Å². The van der Waals surface area contributed by atoms with E-state index in [0.29, 0.717) is 8.77 Å². The van der Waals surface area contributed by atoms with Gasteiger partial charge in [0.1, 0.15) is 0 Å². The molecule has 2 nitrogen and oxygen atoms in total. The van der Waals surface area contributed by atoms with Gasteiger partial charge >= 0.3 is 0 Å². The second-order valence-corrected chi connectivity index (χ2v) is 6.46. The van der Waals surface area contributed by atoms with Gasteiger partial charge in [-0.2, -0.15) is 0 Å². The number of benzene rings is 1. The maximum atomic E-state index is 4.97. The average Bonchev–Trinajstić information content (AvgIpc) is 2.43. The van der Waals surface area contributed by atoms with E-state index >= 15 is 0 Å². The van der Waals surface area contributed by atoms with Crippen molar-refractivity contribution in [3.05, 3.63) is 35.4 Å². The summed E-state index contributed by atoms with van der Waals surface area (Å²) in [6, 6.07) is 8.38. The van der Waals surface area contributed by atoms with Crippen LogP contribution >= 0.6 is 48.0 Å². The van der Waals surface area contributed by atoms with Gasteiger partial charge in [0.25, 0.3) is 0 Å². The van der Waals surface area contributed by atoms with Gasteiger partial charge in [0.05, 0.1) is 14.2 Å². The highest BCUT2D eigenvalue weighted by Crippen LogP contribution is 2.18. The van der Waals surface area contributed by atoms with E-state index in [2.05, 4.69) is 24.3 Å². The first-order valence-corrected chi connectivity index (χ1v) is 7.93. The quantitative estimate of drug-likeness (QED) is 0.775. The summed E-state index contributed by atoms with van der Waals surface area (Å²) in [4.78, 5) is 0. The summed E-state index contributed by atoms with van der Waals surface area (Å²) in [6.45, 7) is 0. The first-order valence-electron chi connectivity index (χ1n) is 5.15. The van der Waals surface area contributed by atoms with Gasteiger partial charge in [0, 0.05) is 11.5 Å². The smallest absolute Gasteiger partial charge is 0.220 e. The fourth-order valence-electron chi connectivity index (χ4n) is 1.13. The summed E-state index contributed by atoms with van der Waals surface area (Å²) < 4.78 is 11.0. The van der Waals surface area contributed by atoms with E-state index in [4.69, 9.17) is 33.9 Å². The molecule has 0 atom stereocenters. The van der Waals surface area contributed by atoms with Gasteiger partial charge in [-0.15, -0.1) is 0 Å². The van der Waals surface area contributed by atoms with Crippen LogP contribution in [0.15, 0.2) is 24.3 Å². The van der Waals surface area contributed by atoms with E-state index in [-0.39, 0.29) is 0 Å². The first-order chi connectivity index (χ1) is 8.65. The third kappa shape index (κ3) is 6.04. The monoisotopic (exact) mass is 318 g/mol. The highest BCUT2D eigenvalue weighted by Gasteiger charge is 2.01. The molecule has 0 amide bonds. The molecule has 0 aliphatic carbocycles. The van der Waals surface area contributed by atoms with Crippen molar-refractivity contribution < 1.29 is 9.47 Å². The van der Waals surface area contributed by atoms with Crippen molar-refractivity contribution in [2.75, 3.05) is 14.2 Å². The van der Waals surface area contributed by atoms with Crippen molar-refractivity contribution in [3.63, 3.8) is 0 Å². The number of thiocarbonyl (C=S) groups is 2. The minimum atomic E-state index is 0.570. The van der Waals surface area contributed by atoms with Crippen molar-refractivity contribution in [1.82, 2.24) is 0 Å². The van der Waals surface area contributed by atoms with E-state index in [1.54, 1.807) is 14.2 Å². The molecular formula is C12H14O2S4. The lowest BCUT2D eigenvalue weighted by molar-refractivity contribution is 0.426. The van der Waals surface area contributed by atoms with Gasteiger partial charge < -0.3 is 9.47 Å².